The van der Waals surface area contributed by atoms with E-state index in [2.05, 4.69) is 11.1 Å². The predicted molar refractivity (Wildman–Crippen MR) is 123 cm³/mol. The van der Waals surface area contributed by atoms with Crippen LogP contribution in [0.1, 0.15) is 19.2 Å². The second-order valence-electron chi connectivity index (χ2n) is 7.28. The summed E-state index contributed by atoms with van der Waals surface area (Å²) < 4.78 is 5.95. The molecule has 2 heterocycles. The van der Waals surface area contributed by atoms with E-state index in [0.29, 0.717) is 23.0 Å². The third kappa shape index (κ3) is 3.60. The van der Waals surface area contributed by atoms with Crippen LogP contribution in [0.3, 0.4) is 0 Å². The average molecular weight is 407 g/mol. The molecule has 0 amide bonds. The van der Waals surface area contributed by atoms with E-state index >= 15 is 0 Å². The van der Waals surface area contributed by atoms with E-state index in [1.54, 1.807) is 0 Å². The summed E-state index contributed by atoms with van der Waals surface area (Å²) in [7, 11) is 0. The van der Waals surface area contributed by atoms with E-state index < -0.39 is 0 Å². The summed E-state index contributed by atoms with van der Waals surface area (Å²) in [6.07, 6.45) is 2.73. The van der Waals surface area contributed by atoms with Gasteiger partial charge >= 0.3 is 0 Å². The largest absolute Gasteiger partial charge is 0.456 e. The van der Waals surface area contributed by atoms with Gasteiger partial charge in [-0.15, -0.1) is 0 Å². The maximum absolute atomic E-state index is 9.88. The Morgan fingerprint density at radius 3 is 2.29 bits per heavy atom. The SMILES string of the molecule is CC/C=C(\CO)c1nc(-c2ccccc2)nc(-c2ccc3oc4ccccc4c3c2)n1. The van der Waals surface area contributed by atoms with Crippen molar-refractivity contribution in [2.45, 2.75) is 13.3 Å². The molecule has 0 radical (unpaired) electrons. The van der Waals surface area contributed by atoms with Crippen molar-refractivity contribution in [2.75, 3.05) is 6.61 Å². The van der Waals surface area contributed by atoms with Crippen molar-refractivity contribution in [1.29, 1.82) is 0 Å². The highest BCUT2D eigenvalue weighted by Gasteiger charge is 2.15. The number of furan rings is 1. The fourth-order valence-electron chi connectivity index (χ4n) is 3.70. The van der Waals surface area contributed by atoms with E-state index in [1.165, 1.54) is 0 Å². The maximum Gasteiger partial charge on any atom is 0.164 e. The number of fused-ring (bicyclic) bond motifs is 3. The second kappa shape index (κ2) is 8.13. The molecule has 0 fully saturated rings. The first-order valence-electron chi connectivity index (χ1n) is 10.3. The molecule has 0 bridgehead atoms. The van der Waals surface area contributed by atoms with Crippen molar-refractivity contribution in [3.05, 3.63) is 84.7 Å². The molecule has 5 heteroatoms. The van der Waals surface area contributed by atoms with Crippen LogP contribution >= 0.6 is 0 Å². The first-order chi connectivity index (χ1) is 15.3. The molecule has 5 nitrogen and oxygen atoms in total. The smallest absolute Gasteiger partial charge is 0.164 e. The van der Waals surface area contributed by atoms with Crippen LogP contribution in [0.5, 0.6) is 0 Å². The number of para-hydroxylation sites is 1. The minimum atomic E-state index is -0.128. The van der Waals surface area contributed by atoms with Gasteiger partial charge < -0.3 is 9.52 Å². The normalized spacial score (nSPS) is 12.0. The number of rotatable bonds is 5. The molecule has 0 spiro atoms. The lowest BCUT2D eigenvalue weighted by molar-refractivity contribution is 0.349. The van der Waals surface area contributed by atoms with E-state index in [4.69, 9.17) is 14.4 Å². The van der Waals surface area contributed by atoms with Crippen molar-refractivity contribution in [3.63, 3.8) is 0 Å². The molecule has 0 aliphatic rings. The average Bonchev–Trinajstić information content (AvgIpc) is 3.21. The molecule has 0 saturated heterocycles. The van der Waals surface area contributed by atoms with E-state index in [-0.39, 0.29) is 6.61 Å². The third-order valence-corrected chi connectivity index (χ3v) is 5.21. The van der Waals surface area contributed by atoms with Gasteiger partial charge in [0.25, 0.3) is 0 Å². The Balaban J connectivity index is 1.72. The molecule has 0 aliphatic carbocycles. The molecule has 0 aliphatic heterocycles. The first-order valence-corrected chi connectivity index (χ1v) is 10.3. The molecular formula is C26H21N3O2. The van der Waals surface area contributed by atoms with Gasteiger partial charge in [0.05, 0.1) is 6.61 Å². The molecule has 2 aromatic heterocycles. The minimum absolute atomic E-state index is 0.128. The number of hydrogen-bond acceptors (Lipinski definition) is 5. The van der Waals surface area contributed by atoms with Gasteiger partial charge in [-0.2, -0.15) is 0 Å². The monoisotopic (exact) mass is 407 g/mol. The Morgan fingerprint density at radius 2 is 1.52 bits per heavy atom. The standard InChI is InChI=1S/C26H21N3O2/c1-2-8-19(16-30)26-28-24(17-9-4-3-5-10-17)27-25(29-26)18-13-14-23-21(15-18)20-11-6-7-12-22(20)31-23/h3-15,30H,2,16H2,1H3/b19-8+. The topological polar surface area (TPSA) is 72.0 Å². The quantitative estimate of drug-likeness (QED) is 0.393. The number of aromatic nitrogens is 3. The van der Waals surface area contributed by atoms with E-state index in [9.17, 15) is 5.11 Å². The Kier molecular flexibility index (Phi) is 5.02. The summed E-state index contributed by atoms with van der Waals surface area (Å²) in [5.74, 6) is 1.63. The van der Waals surface area contributed by atoms with Crippen molar-refractivity contribution >= 4 is 27.5 Å². The zero-order chi connectivity index (χ0) is 21.2. The van der Waals surface area contributed by atoms with Crippen LogP contribution < -0.4 is 0 Å². The van der Waals surface area contributed by atoms with Crippen molar-refractivity contribution in [3.8, 4) is 22.8 Å². The van der Waals surface area contributed by atoms with Crippen molar-refractivity contribution in [1.82, 2.24) is 15.0 Å². The van der Waals surface area contributed by atoms with Gasteiger partial charge in [0.2, 0.25) is 0 Å². The molecule has 0 atom stereocenters. The molecule has 1 N–H and O–H groups in total. The Morgan fingerprint density at radius 1 is 0.806 bits per heavy atom. The molecular weight excluding hydrogens is 386 g/mol. The number of allylic oxidation sites excluding steroid dienone is 1. The fraction of sp³-hybridized carbons (Fsp3) is 0.115. The Bertz CT molecular complexity index is 1400. The number of benzene rings is 3. The summed E-state index contributed by atoms with van der Waals surface area (Å²) >= 11 is 0. The molecule has 5 rings (SSSR count). The number of aliphatic hydroxyl groups is 1. The number of nitrogens with zero attached hydrogens (tertiary/aromatic N) is 3. The van der Waals surface area contributed by atoms with E-state index in [0.717, 1.165) is 39.5 Å². The Hall–Kier alpha value is -3.83. The van der Waals surface area contributed by atoms with Gasteiger partial charge in [0.15, 0.2) is 17.5 Å². The van der Waals surface area contributed by atoms with E-state index in [1.807, 2.05) is 79.7 Å². The van der Waals surface area contributed by atoms with Crippen molar-refractivity contribution < 1.29 is 9.52 Å². The van der Waals surface area contributed by atoms with Crippen LogP contribution in [-0.4, -0.2) is 26.7 Å². The fourth-order valence-corrected chi connectivity index (χ4v) is 3.70. The van der Waals surface area contributed by atoms with Crippen LogP contribution in [0.15, 0.2) is 83.3 Å². The summed E-state index contributed by atoms with van der Waals surface area (Å²) in [5, 5.41) is 12.0. The number of aliphatic hydroxyl groups excluding tert-OH is 1. The lowest BCUT2D eigenvalue weighted by atomic mass is 10.1. The van der Waals surface area contributed by atoms with Crippen molar-refractivity contribution in [2.24, 2.45) is 0 Å². The lowest BCUT2D eigenvalue weighted by Gasteiger charge is -2.09. The van der Waals surface area contributed by atoms with Gasteiger partial charge in [0, 0.05) is 27.5 Å². The van der Waals surface area contributed by atoms with Gasteiger partial charge in [-0.1, -0.05) is 61.5 Å². The van der Waals surface area contributed by atoms with Gasteiger partial charge in [-0.05, 0) is 30.7 Å². The molecule has 5 aromatic rings. The lowest BCUT2D eigenvalue weighted by Crippen LogP contribution is -2.04. The van der Waals surface area contributed by atoms with Crippen LogP contribution in [0.4, 0.5) is 0 Å². The molecule has 3 aromatic carbocycles. The van der Waals surface area contributed by atoms with Crippen LogP contribution in [0, 0.1) is 0 Å². The molecule has 152 valence electrons. The van der Waals surface area contributed by atoms with Gasteiger partial charge in [-0.3, -0.25) is 0 Å². The summed E-state index contributed by atoms with van der Waals surface area (Å²) in [6, 6.07) is 23.8. The molecule has 0 saturated carbocycles. The predicted octanol–water partition coefficient (Wildman–Crippen LogP) is 5.89. The summed E-state index contributed by atoms with van der Waals surface area (Å²) in [4.78, 5) is 14.1. The zero-order valence-corrected chi connectivity index (χ0v) is 17.1. The highest BCUT2D eigenvalue weighted by Crippen LogP contribution is 2.32. The third-order valence-electron chi connectivity index (χ3n) is 5.21. The summed E-state index contributed by atoms with van der Waals surface area (Å²) in [6.45, 7) is 1.89. The Labute approximate surface area is 179 Å². The second-order valence-corrected chi connectivity index (χ2v) is 7.28. The highest BCUT2D eigenvalue weighted by atomic mass is 16.3. The summed E-state index contributed by atoms with van der Waals surface area (Å²) in [5.41, 5.74) is 4.14. The van der Waals surface area contributed by atoms with Crippen LogP contribution in [0.2, 0.25) is 0 Å². The zero-order valence-electron chi connectivity index (χ0n) is 17.1. The molecule has 0 unspecified atom stereocenters. The first kappa shape index (κ1) is 19.2. The molecule has 31 heavy (non-hydrogen) atoms. The minimum Gasteiger partial charge on any atom is -0.456 e. The van der Waals surface area contributed by atoms with Crippen LogP contribution in [0.25, 0.3) is 50.3 Å². The highest BCUT2D eigenvalue weighted by molar-refractivity contribution is 6.06. The van der Waals surface area contributed by atoms with Gasteiger partial charge in [-0.25, -0.2) is 15.0 Å². The van der Waals surface area contributed by atoms with Crippen LogP contribution in [-0.2, 0) is 0 Å². The maximum atomic E-state index is 9.88. The number of hydrogen-bond donors (Lipinski definition) is 1. The van der Waals surface area contributed by atoms with Gasteiger partial charge in [0.1, 0.15) is 11.2 Å².